The molecule has 4 nitrogen and oxygen atoms in total. The van der Waals surface area contributed by atoms with Crippen LogP contribution in [0.15, 0.2) is 54.7 Å². The van der Waals surface area contributed by atoms with Crippen molar-refractivity contribution in [2.75, 3.05) is 7.11 Å². The highest BCUT2D eigenvalue weighted by atomic mass is 35.5. The van der Waals surface area contributed by atoms with Crippen LogP contribution in [0.3, 0.4) is 0 Å². The number of hydrogen-bond acceptors (Lipinski definition) is 4. The lowest BCUT2D eigenvalue weighted by Crippen LogP contribution is -2.13. The summed E-state index contributed by atoms with van der Waals surface area (Å²) in [4.78, 5) is 4.29. The van der Waals surface area contributed by atoms with E-state index in [1.807, 2.05) is 36.4 Å². The van der Waals surface area contributed by atoms with Crippen molar-refractivity contribution < 1.29 is 9.47 Å². The highest BCUT2D eigenvalue weighted by molar-refractivity contribution is 6.35. The minimum Gasteiger partial charge on any atom is -0.493 e. The fraction of sp³-hybridized carbons (Fsp3) is 0.190. The van der Waals surface area contributed by atoms with Crippen LogP contribution in [0.5, 0.6) is 11.5 Å². The van der Waals surface area contributed by atoms with E-state index in [9.17, 15) is 0 Å². The molecule has 154 valence electrons. The zero-order valence-corrected chi connectivity index (χ0v) is 18.7. The smallest absolute Gasteiger partial charge is 0.180 e. The second-order valence-corrected chi connectivity index (χ2v) is 7.31. The molecule has 1 aromatic heterocycles. The molecular formula is C21H20Cl4N2O2. The largest absolute Gasteiger partial charge is 0.493 e. The second kappa shape index (κ2) is 11.5. The summed E-state index contributed by atoms with van der Waals surface area (Å²) in [6.45, 7) is 1.54. The van der Waals surface area contributed by atoms with Crippen molar-refractivity contribution in [2.24, 2.45) is 0 Å². The van der Waals surface area contributed by atoms with E-state index in [0.29, 0.717) is 39.7 Å². The number of aromatic nitrogens is 1. The van der Waals surface area contributed by atoms with Crippen molar-refractivity contribution in [2.45, 2.75) is 19.7 Å². The van der Waals surface area contributed by atoms with Crippen LogP contribution in [-0.2, 0) is 19.7 Å². The van der Waals surface area contributed by atoms with Gasteiger partial charge >= 0.3 is 0 Å². The molecule has 29 heavy (non-hydrogen) atoms. The number of halogens is 4. The first kappa shape index (κ1) is 23.6. The summed E-state index contributed by atoms with van der Waals surface area (Å²) in [5, 5.41) is 4.93. The lowest BCUT2D eigenvalue weighted by atomic mass is 10.2. The summed E-state index contributed by atoms with van der Waals surface area (Å²) in [5.41, 5.74) is 2.76. The van der Waals surface area contributed by atoms with Crippen LogP contribution in [0.1, 0.15) is 16.8 Å². The number of nitrogens with one attached hydrogen (secondary N) is 1. The number of pyridine rings is 1. The van der Waals surface area contributed by atoms with Gasteiger partial charge < -0.3 is 14.8 Å². The van der Waals surface area contributed by atoms with Crippen molar-refractivity contribution in [3.8, 4) is 11.5 Å². The first-order valence-electron chi connectivity index (χ1n) is 8.60. The molecule has 3 rings (SSSR count). The Labute approximate surface area is 191 Å². The van der Waals surface area contributed by atoms with E-state index in [1.54, 1.807) is 25.4 Å². The Morgan fingerprint density at radius 2 is 1.79 bits per heavy atom. The Hall–Kier alpha value is -1.69. The normalized spacial score (nSPS) is 10.3. The van der Waals surface area contributed by atoms with Crippen molar-refractivity contribution in [1.82, 2.24) is 10.3 Å². The minimum atomic E-state index is 0. The van der Waals surface area contributed by atoms with Gasteiger partial charge in [-0.2, -0.15) is 0 Å². The standard InChI is InChI=1S/C21H19Cl3N2O2.ClH/c1-27-20-9-14(11-25-12-17-4-2-3-7-26-17)8-19(24)21(20)28-13-15-5-6-16(22)10-18(15)23;/h2-10,25H,11-13H2,1H3;1H. The van der Waals surface area contributed by atoms with E-state index in [2.05, 4.69) is 10.3 Å². The minimum absolute atomic E-state index is 0. The molecule has 0 amide bonds. The van der Waals surface area contributed by atoms with Crippen LogP contribution in [0, 0.1) is 0 Å². The number of methoxy groups -OCH3 is 1. The number of hydrogen-bond donors (Lipinski definition) is 1. The first-order valence-corrected chi connectivity index (χ1v) is 9.74. The van der Waals surface area contributed by atoms with Gasteiger partial charge in [0, 0.05) is 34.9 Å². The molecule has 0 aliphatic carbocycles. The van der Waals surface area contributed by atoms with Crippen molar-refractivity contribution in [1.29, 1.82) is 0 Å². The van der Waals surface area contributed by atoms with Crippen molar-refractivity contribution >= 4 is 47.2 Å². The van der Waals surface area contributed by atoms with Crippen LogP contribution < -0.4 is 14.8 Å². The van der Waals surface area contributed by atoms with Gasteiger partial charge in [-0.15, -0.1) is 12.4 Å². The van der Waals surface area contributed by atoms with E-state index in [4.69, 9.17) is 44.3 Å². The maximum atomic E-state index is 6.44. The molecule has 0 aliphatic rings. The molecule has 0 saturated carbocycles. The maximum absolute atomic E-state index is 6.44. The average molecular weight is 474 g/mol. The highest BCUT2D eigenvalue weighted by Crippen LogP contribution is 2.37. The third kappa shape index (κ3) is 6.66. The summed E-state index contributed by atoms with van der Waals surface area (Å²) in [7, 11) is 1.58. The van der Waals surface area contributed by atoms with Gasteiger partial charge in [-0.3, -0.25) is 4.98 Å². The fourth-order valence-corrected chi connectivity index (χ4v) is 3.39. The fourth-order valence-electron chi connectivity index (χ4n) is 2.64. The molecule has 0 saturated heterocycles. The summed E-state index contributed by atoms with van der Waals surface area (Å²) >= 11 is 18.6. The van der Waals surface area contributed by atoms with Gasteiger partial charge in [0.2, 0.25) is 0 Å². The SMILES string of the molecule is COc1cc(CNCc2ccccn2)cc(Cl)c1OCc1ccc(Cl)cc1Cl.Cl. The number of benzene rings is 2. The zero-order chi connectivity index (χ0) is 19.9. The molecule has 0 aliphatic heterocycles. The molecule has 8 heteroatoms. The number of rotatable bonds is 8. The third-order valence-corrected chi connectivity index (χ3v) is 4.91. The topological polar surface area (TPSA) is 43.4 Å². The van der Waals surface area contributed by atoms with E-state index >= 15 is 0 Å². The molecule has 1 N–H and O–H groups in total. The molecule has 0 spiro atoms. The van der Waals surface area contributed by atoms with Gasteiger partial charge in [0.25, 0.3) is 0 Å². The Morgan fingerprint density at radius 1 is 0.966 bits per heavy atom. The van der Waals surface area contributed by atoms with Gasteiger partial charge in [-0.05, 0) is 42.0 Å². The van der Waals surface area contributed by atoms with Gasteiger partial charge in [0.05, 0.1) is 17.8 Å². The summed E-state index contributed by atoms with van der Waals surface area (Å²) < 4.78 is 11.3. The van der Waals surface area contributed by atoms with Gasteiger partial charge in [0.15, 0.2) is 11.5 Å². The molecule has 2 aromatic carbocycles. The second-order valence-electron chi connectivity index (χ2n) is 6.06. The van der Waals surface area contributed by atoms with Gasteiger partial charge in [-0.25, -0.2) is 0 Å². The average Bonchev–Trinajstić information content (AvgIpc) is 2.69. The van der Waals surface area contributed by atoms with Crippen LogP contribution in [0.2, 0.25) is 15.1 Å². The molecule has 0 atom stereocenters. The Kier molecular flexibility index (Phi) is 9.34. The number of ether oxygens (including phenoxy) is 2. The van der Waals surface area contributed by atoms with Crippen LogP contribution in [0.25, 0.3) is 0 Å². The van der Waals surface area contributed by atoms with E-state index in [-0.39, 0.29) is 19.0 Å². The summed E-state index contributed by atoms with van der Waals surface area (Å²) in [5.74, 6) is 1.04. The highest BCUT2D eigenvalue weighted by Gasteiger charge is 2.13. The Bertz CT molecular complexity index is 939. The summed E-state index contributed by atoms with van der Waals surface area (Å²) in [6, 6.07) is 14.8. The zero-order valence-electron chi connectivity index (χ0n) is 15.6. The molecule has 0 fully saturated rings. The third-order valence-electron chi connectivity index (χ3n) is 4.04. The predicted octanol–water partition coefficient (Wildman–Crippen LogP) is 6.34. The quantitative estimate of drug-likeness (QED) is 0.414. The maximum Gasteiger partial charge on any atom is 0.180 e. The van der Waals surface area contributed by atoms with Crippen LogP contribution in [0.4, 0.5) is 0 Å². The molecule has 1 heterocycles. The van der Waals surface area contributed by atoms with E-state index < -0.39 is 0 Å². The summed E-state index contributed by atoms with van der Waals surface area (Å²) in [6.07, 6.45) is 1.77. The lowest BCUT2D eigenvalue weighted by Gasteiger charge is -2.15. The molecule has 0 unspecified atom stereocenters. The van der Waals surface area contributed by atoms with Crippen LogP contribution >= 0.6 is 47.2 Å². The predicted molar refractivity (Wildman–Crippen MR) is 121 cm³/mol. The van der Waals surface area contributed by atoms with Crippen molar-refractivity contribution in [3.63, 3.8) is 0 Å². The molecular weight excluding hydrogens is 454 g/mol. The van der Waals surface area contributed by atoms with Crippen LogP contribution in [-0.4, -0.2) is 12.1 Å². The molecule has 0 bridgehead atoms. The van der Waals surface area contributed by atoms with Crippen molar-refractivity contribution in [3.05, 3.63) is 86.6 Å². The molecule has 3 aromatic rings. The van der Waals surface area contributed by atoms with E-state index in [0.717, 1.165) is 16.8 Å². The van der Waals surface area contributed by atoms with Gasteiger partial charge in [0.1, 0.15) is 6.61 Å². The number of nitrogens with zero attached hydrogens (tertiary/aromatic N) is 1. The Morgan fingerprint density at radius 3 is 2.48 bits per heavy atom. The van der Waals surface area contributed by atoms with Gasteiger partial charge in [-0.1, -0.05) is 46.9 Å². The van der Waals surface area contributed by atoms with E-state index in [1.165, 1.54) is 0 Å². The molecule has 0 radical (unpaired) electrons. The lowest BCUT2D eigenvalue weighted by molar-refractivity contribution is 0.284. The Balaban J connectivity index is 0.00000300. The monoisotopic (exact) mass is 472 g/mol. The first-order chi connectivity index (χ1) is 13.6.